The van der Waals surface area contributed by atoms with Crippen molar-refractivity contribution in [2.75, 3.05) is 5.73 Å². The topological polar surface area (TPSA) is 85.5 Å². The Morgan fingerprint density at radius 2 is 1.73 bits per heavy atom. The van der Waals surface area contributed by atoms with E-state index in [1.54, 1.807) is 30.3 Å². The van der Waals surface area contributed by atoms with Crippen LogP contribution in [0.3, 0.4) is 0 Å². The number of anilines is 1. The number of aromatic nitrogens is 3. The molecule has 4 rings (SSSR count). The molecule has 0 saturated carbocycles. The Labute approximate surface area is 124 Å². The summed E-state index contributed by atoms with van der Waals surface area (Å²) in [6, 6.07) is 14.2. The van der Waals surface area contributed by atoms with Gasteiger partial charge in [0.15, 0.2) is 0 Å². The summed E-state index contributed by atoms with van der Waals surface area (Å²) in [7, 11) is 0. The number of aromatic hydroxyl groups is 1. The van der Waals surface area contributed by atoms with Crippen LogP contribution >= 0.6 is 0 Å². The van der Waals surface area contributed by atoms with Gasteiger partial charge in [0.1, 0.15) is 5.52 Å². The highest BCUT2D eigenvalue weighted by atomic mass is 16.3. The lowest BCUT2D eigenvalue weighted by Gasteiger charge is -2.05. The van der Waals surface area contributed by atoms with Gasteiger partial charge in [0.2, 0.25) is 5.88 Å². The van der Waals surface area contributed by atoms with E-state index in [1.807, 2.05) is 18.2 Å². The van der Waals surface area contributed by atoms with Crippen molar-refractivity contribution < 1.29 is 5.11 Å². The maximum Gasteiger partial charge on any atom is 0.341 e. The lowest BCUT2D eigenvalue weighted by atomic mass is 10.2. The third-order valence-electron chi connectivity index (χ3n) is 3.69. The summed E-state index contributed by atoms with van der Waals surface area (Å²) in [5.74, 6) is -0.179. The second kappa shape index (κ2) is 4.36. The standard InChI is InChI=1S/C16H12N4O2/c17-10-5-1-3-7-12(10)20-15(21)14-9-18-11-6-2-4-8-13(11)19(14)16(20)22/h1-9,21H,17H2. The molecular formula is C16H12N4O2. The van der Waals surface area contributed by atoms with Crippen LogP contribution in [0.25, 0.3) is 22.2 Å². The minimum atomic E-state index is -0.385. The average Bonchev–Trinajstić information content (AvgIpc) is 2.80. The molecule has 0 fully saturated rings. The van der Waals surface area contributed by atoms with E-state index in [-0.39, 0.29) is 11.6 Å². The van der Waals surface area contributed by atoms with Gasteiger partial charge in [-0.05, 0) is 24.3 Å². The zero-order valence-corrected chi connectivity index (χ0v) is 11.5. The van der Waals surface area contributed by atoms with Gasteiger partial charge in [-0.1, -0.05) is 24.3 Å². The van der Waals surface area contributed by atoms with Crippen molar-refractivity contribution in [1.82, 2.24) is 14.0 Å². The van der Waals surface area contributed by atoms with Crippen molar-refractivity contribution in [1.29, 1.82) is 0 Å². The van der Waals surface area contributed by atoms with Crippen molar-refractivity contribution in [3.8, 4) is 11.6 Å². The van der Waals surface area contributed by atoms with Crippen LogP contribution in [0.5, 0.6) is 5.88 Å². The number of hydrogen-bond donors (Lipinski definition) is 2. The minimum absolute atomic E-state index is 0.179. The van der Waals surface area contributed by atoms with Crippen LogP contribution in [0.1, 0.15) is 0 Å². The normalized spacial score (nSPS) is 11.3. The van der Waals surface area contributed by atoms with Crippen molar-refractivity contribution in [2.24, 2.45) is 0 Å². The molecule has 0 bridgehead atoms. The molecule has 0 unspecified atom stereocenters. The molecule has 2 heterocycles. The lowest BCUT2D eigenvalue weighted by Crippen LogP contribution is -2.20. The molecule has 0 saturated heterocycles. The average molecular weight is 292 g/mol. The number of nitrogens with two attached hydrogens (primary N) is 1. The van der Waals surface area contributed by atoms with Crippen molar-refractivity contribution >= 4 is 22.2 Å². The Hall–Kier alpha value is -3.28. The maximum atomic E-state index is 12.8. The van der Waals surface area contributed by atoms with Crippen molar-refractivity contribution in [2.45, 2.75) is 0 Å². The molecule has 0 radical (unpaired) electrons. The van der Waals surface area contributed by atoms with Crippen LogP contribution < -0.4 is 11.4 Å². The summed E-state index contributed by atoms with van der Waals surface area (Å²) >= 11 is 0. The predicted molar refractivity (Wildman–Crippen MR) is 84.4 cm³/mol. The Bertz CT molecular complexity index is 1080. The van der Waals surface area contributed by atoms with Gasteiger partial charge in [-0.15, -0.1) is 0 Å². The predicted octanol–water partition coefficient (Wildman–Crippen LogP) is 1.93. The first-order valence-corrected chi connectivity index (χ1v) is 6.73. The van der Waals surface area contributed by atoms with E-state index in [9.17, 15) is 9.90 Å². The second-order valence-electron chi connectivity index (χ2n) is 4.97. The molecule has 0 atom stereocenters. The quantitative estimate of drug-likeness (QED) is 0.525. The summed E-state index contributed by atoms with van der Waals surface area (Å²) in [6.07, 6.45) is 1.48. The highest BCUT2D eigenvalue weighted by molar-refractivity contribution is 5.80. The molecular weight excluding hydrogens is 280 g/mol. The van der Waals surface area contributed by atoms with E-state index < -0.39 is 0 Å². The second-order valence-corrected chi connectivity index (χ2v) is 4.97. The Balaban J connectivity index is 2.21. The highest BCUT2D eigenvalue weighted by Gasteiger charge is 2.18. The number of hydrogen-bond acceptors (Lipinski definition) is 4. The van der Waals surface area contributed by atoms with E-state index in [0.717, 1.165) is 0 Å². The Kier molecular flexibility index (Phi) is 2.47. The van der Waals surface area contributed by atoms with Crippen molar-refractivity contribution in [3.63, 3.8) is 0 Å². The molecule has 2 aromatic carbocycles. The number of imidazole rings is 1. The third-order valence-corrected chi connectivity index (χ3v) is 3.69. The summed E-state index contributed by atoms with van der Waals surface area (Å²) in [5.41, 5.74) is 8.05. The molecule has 4 aromatic rings. The van der Waals surface area contributed by atoms with E-state index in [2.05, 4.69) is 4.98 Å². The molecule has 6 heteroatoms. The van der Waals surface area contributed by atoms with E-state index in [1.165, 1.54) is 15.2 Å². The first kappa shape index (κ1) is 12.5. The van der Waals surface area contributed by atoms with Gasteiger partial charge >= 0.3 is 5.69 Å². The number of nitrogen functional groups attached to an aromatic ring is 1. The van der Waals surface area contributed by atoms with Gasteiger partial charge in [-0.3, -0.25) is 9.38 Å². The smallest absolute Gasteiger partial charge is 0.341 e. The molecule has 0 aliphatic heterocycles. The van der Waals surface area contributed by atoms with Crippen LogP contribution in [-0.2, 0) is 0 Å². The Morgan fingerprint density at radius 3 is 2.55 bits per heavy atom. The van der Waals surface area contributed by atoms with Gasteiger partial charge < -0.3 is 10.8 Å². The first-order valence-electron chi connectivity index (χ1n) is 6.73. The minimum Gasteiger partial charge on any atom is -0.493 e. The van der Waals surface area contributed by atoms with Gasteiger partial charge in [-0.25, -0.2) is 9.36 Å². The number of rotatable bonds is 1. The fourth-order valence-corrected chi connectivity index (χ4v) is 2.66. The molecule has 0 aliphatic rings. The molecule has 108 valence electrons. The van der Waals surface area contributed by atoms with Gasteiger partial charge in [0.25, 0.3) is 0 Å². The van der Waals surface area contributed by atoms with E-state index in [4.69, 9.17) is 5.73 Å². The lowest BCUT2D eigenvalue weighted by molar-refractivity contribution is 0.446. The largest absolute Gasteiger partial charge is 0.493 e. The van der Waals surface area contributed by atoms with Gasteiger partial charge in [-0.2, -0.15) is 0 Å². The van der Waals surface area contributed by atoms with Crippen LogP contribution in [0.2, 0.25) is 0 Å². The van der Waals surface area contributed by atoms with Gasteiger partial charge in [0, 0.05) is 0 Å². The Morgan fingerprint density at radius 1 is 1.00 bits per heavy atom. The molecule has 6 nitrogen and oxygen atoms in total. The molecule has 3 N–H and O–H groups in total. The summed E-state index contributed by atoms with van der Waals surface area (Å²) in [5, 5.41) is 10.5. The van der Waals surface area contributed by atoms with E-state index in [0.29, 0.717) is 27.9 Å². The van der Waals surface area contributed by atoms with Crippen LogP contribution in [-0.4, -0.2) is 19.1 Å². The molecule has 0 amide bonds. The first-order chi connectivity index (χ1) is 10.7. The number of para-hydroxylation sites is 4. The van der Waals surface area contributed by atoms with Crippen LogP contribution in [0.4, 0.5) is 5.69 Å². The summed E-state index contributed by atoms with van der Waals surface area (Å²) in [6.45, 7) is 0. The SMILES string of the molecule is Nc1ccccc1-n1c(O)c2cnc3ccccc3n2c1=O. The highest BCUT2D eigenvalue weighted by Crippen LogP contribution is 2.26. The van der Waals surface area contributed by atoms with Crippen molar-refractivity contribution in [3.05, 3.63) is 65.2 Å². The number of nitrogens with zero attached hydrogens (tertiary/aromatic N) is 3. The summed E-state index contributed by atoms with van der Waals surface area (Å²) in [4.78, 5) is 17.1. The fraction of sp³-hybridized carbons (Fsp3) is 0. The van der Waals surface area contributed by atoms with Crippen LogP contribution in [0, 0.1) is 0 Å². The zero-order valence-electron chi connectivity index (χ0n) is 11.5. The number of benzene rings is 2. The third kappa shape index (κ3) is 1.54. The molecule has 22 heavy (non-hydrogen) atoms. The monoisotopic (exact) mass is 292 g/mol. The summed E-state index contributed by atoms with van der Waals surface area (Å²) < 4.78 is 2.63. The zero-order chi connectivity index (χ0) is 15.3. The van der Waals surface area contributed by atoms with Crippen LogP contribution in [0.15, 0.2) is 59.5 Å². The molecule has 0 spiro atoms. The van der Waals surface area contributed by atoms with Gasteiger partial charge in [0.05, 0.1) is 28.6 Å². The fourth-order valence-electron chi connectivity index (χ4n) is 2.66. The maximum absolute atomic E-state index is 12.8. The number of fused-ring (bicyclic) bond motifs is 3. The molecule has 2 aromatic heterocycles. The molecule has 0 aliphatic carbocycles. The van der Waals surface area contributed by atoms with E-state index >= 15 is 0 Å².